The van der Waals surface area contributed by atoms with Gasteiger partial charge in [-0.3, -0.25) is 0 Å². The molecule has 5 heteroatoms. The van der Waals surface area contributed by atoms with E-state index in [4.69, 9.17) is 17.3 Å². The van der Waals surface area contributed by atoms with Gasteiger partial charge in [0.05, 0.1) is 16.1 Å². The van der Waals surface area contributed by atoms with Gasteiger partial charge in [-0.05, 0) is 30.3 Å². The lowest BCUT2D eigenvalue weighted by atomic mass is 10.2. The van der Waals surface area contributed by atoms with Gasteiger partial charge in [0, 0.05) is 22.8 Å². The number of rotatable bonds is 1. The Labute approximate surface area is 124 Å². The summed E-state index contributed by atoms with van der Waals surface area (Å²) in [4.78, 5) is 4.62. The molecule has 0 aliphatic rings. The number of imidazole rings is 1. The highest BCUT2D eigenvalue weighted by Gasteiger charge is 2.14. The zero-order valence-electron chi connectivity index (χ0n) is 10.2. The predicted molar refractivity (Wildman–Crippen MR) is 83.3 cm³/mol. The maximum atomic E-state index is 6.23. The fraction of sp³-hybridized carbons (Fsp3) is 0.0714. The van der Waals surface area contributed by atoms with Crippen molar-refractivity contribution in [2.75, 3.05) is 5.73 Å². The van der Waals surface area contributed by atoms with Crippen LogP contribution in [0.25, 0.3) is 22.4 Å². The summed E-state index contributed by atoms with van der Waals surface area (Å²) in [6, 6.07) is 11.5. The summed E-state index contributed by atoms with van der Waals surface area (Å²) in [6.07, 6.45) is 0. The van der Waals surface area contributed by atoms with Crippen molar-refractivity contribution in [1.82, 2.24) is 9.55 Å². The Hall–Kier alpha value is -1.52. The topological polar surface area (TPSA) is 43.8 Å². The summed E-state index contributed by atoms with van der Waals surface area (Å²) in [5.74, 6) is 0.813. The maximum Gasteiger partial charge on any atom is 0.142 e. The number of fused-ring (bicyclic) bond motifs is 1. The number of hydrogen-bond donors (Lipinski definition) is 1. The van der Waals surface area contributed by atoms with Crippen LogP contribution in [0.3, 0.4) is 0 Å². The molecular weight excluding hydrogens is 326 g/mol. The van der Waals surface area contributed by atoms with E-state index >= 15 is 0 Å². The van der Waals surface area contributed by atoms with Crippen molar-refractivity contribution in [1.29, 1.82) is 0 Å². The molecule has 96 valence electrons. The monoisotopic (exact) mass is 335 g/mol. The van der Waals surface area contributed by atoms with Crippen LogP contribution in [-0.4, -0.2) is 9.55 Å². The van der Waals surface area contributed by atoms with Crippen LogP contribution in [0.4, 0.5) is 5.69 Å². The van der Waals surface area contributed by atoms with Crippen molar-refractivity contribution in [2.45, 2.75) is 0 Å². The minimum atomic E-state index is 0.684. The van der Waals surface area contributed by atoms with E-state index in [9.17, 15) is 0 Å². The van der Waals surface area contributed by atoms with Gasteiger partial charge < -0.3 is 10.3 Å². The number of anilines is 1. The Balaban J connectivity index is 2.31. The number of nitrogen functional groups attached to an aromatic ring is 1. The highest BCUT2D eigenvalue weighted by molar-refractivity contribution is 9.10. The summed E-state index contributed by atoms with van der Waals surface area (Å²) in [6.45, 7) is 0. The van der Waals surface area contributed by atoms with Gasteiger partial charge in [0.2, 0.25) is 0 Å². The zero-order chi connectivity index (χ0) is 13.6. The Bertz CT molecular complexity index is 780. The lowest BCUT2D eigenvalue weighted by molar-refractivity contribution is 0.960. The molecule has 0 atom stereocenters. The van der Waals surface area contributed by atoms with Gasteiger partial charge in [-0.2, -0.15) is 0 Å². The first-order chi connectivity index (χ1) is 9.08. The van der Waals surface area contributed by atoms with Crippen molar-refractivity contribution in [2.24, 2.45) is 7.05 Å². The van der Waals surface area contributed by atoms with Gasteiger partial charge in [-0.25, -0.2) is 4.98 Å². The molecule has 0 bridgehead atoms. The van der Waals surface area contributed by atoms with E-state index in [-0.39, 0.29) is 0 Å². The first kappa shape index (κ1) is 12.5. The van der Waals surface area contributed by atoms with Crippen molar-refractivity contribution in [3.05, 3.63) is 45.9 Å². The minimum absolute atomic E-state index is 0.684. The molecule has 0 aliphatic heterocycles. The normalized spacial score (nSPS) is 11.1. The first-order valence-corrected chi connectivity index (χ1v) is 6.91. The molecule has 3 aromatic rings. The Morgan fingerprint density at radius 1 is 1.26 bits per heavy atom. The van der Waals surface area contributed by atoms with E-state index in [0.717, 1.165) is 26.9 Å². The highest BCUT2D eigenvalue weighted by Crippen LogP contribution is 2.32. The fourth-order valence-corrected chi connectivity index (χ4v) is 2.87. The number of hydrogen-bond acceptors (Lipinski definition) is 2. The fourth-order valence-electron chi connectivity index (χ4n) is 2.20. The second-order valence-electron chi connectivity index (χ2n) is 4.33. The molecule has 0 amide bonds. The van der Waals surface area contributed by atoms with Crippen molar-refractivity contribution in [3.63, 3.8) is 0 Å². The number of halogens is 2. The first-order valence-electron chi connectivity index (χ1n) is 5.74. The van der Waals surface area contributed by atoms with Crippen LogP contribution in [0.15, 0.2) is 40.9 Å². The number of para-hydroxylation sites is 1. The van der Waals surface area contributed by atoms with E-state index in [1.807, 2.05) is 48.0 Å². The van der Waals surface area contributed by atoms with Crippen LogP contribution in [-0.2, 0) is 7.05 Å². The Morgan fingerprint density at radius 3 is 2.74 bits per heavy atom. The van der Waals surface area contributed by atoms with Crippen LogP contribution >= 0.6 is 27.5 Å². The van der Waals surface area contributed by atoms with Crippen LogP contribution in [0, 0.1) is 0 Å². The Kier molecular flexibility index (Phi) is 2.99. The molecule has 2 N–H and O–H groups in total. The predicted octanol–water partition coefficient (Wildman–Crippen LogP) is 4.24. The summed E-state index contributed by atoms with van der Waals surface area (Å²) < 4.78 is 2.92. The molecule has 0 fully saturated rings. The smallest absolute Gasteiger partial charge is 0.142 e. The van der Waals surface area contributed by atoms with Crippen LogP contribution < -0.4 is 5.73 Å². The third kappa shape index (κ3) is 2.01. The molecule has 19 heavy (non-hydrogen) atoms. The van der Waals surface area contributed by atoms with E-state index in [1.165, 1.54) is 0 Å². The molecule has 0 saturated carbocycles. The standard InChI is InChI=1S/C14H11BrClN3/c1-19-13-10(16)3-2-4-12(13)18-14(19)9-6-5-8(15)7-11(9)17/h2-7H,17H2,1H3. The second kappa shape index (κ2) is 4.54. The lowest BCUT2D eigenvalue weighted by Crippen LogP contribution is -1.97. The van der Waals surface area contributed by atoms with Gasteiger partial charge in [0.25, 0.3) is 0 Å². The van der Waals surface area contributed by atoms with E-state index in [1.54, 1.807) is 0 Å². The number of aryl methyl sites for hydroxylation is 1. The number of nitrogens with zero attached hydrogens (tertiary/aromatic N) is 2. The third-order valence-electron chi connectivity index (χ3n) is 3.10. The molecule has 1 aromatic heterocycles. The maximum absolute atomic E-state index is 6.23. The number of benzene rings is 2. The van der Waals surface area contributed by atoms with Gasteiger partial charge >= 0.3 is 0 Å². The van der Waals surface area contributed by atoms with Crippen molar-refractivity contribution < 1.29 is 0 Å². The van der Waals surface area contributed by atoms with Gasteiger partial charge in [-0.1, -0.05) is 33.6 Å². The minimum Gasteiger partial charge on any atom is -0.398 e. The second-order valence-corrected chi connectivity index (χ2v) is 5.66. The number of aromatic nitrogens is 2. The molecule has 3 nitrogen and oxygen atoms in total. The summed E-state index contributed by atoms with van der Waals surface area (Å²) in [7, 11) is 1.94. The van der Waals surface area contributed by atoms with Gasteiger partial charge in [-0.15, -0.1) is 0 Å². The highest BCUT2D eigenvalue weighted by atomic mass is 79.9. The Morgan fingerprint density at radius 2 is 2.05 bits per heavy atom. The van der Waals surface area contributed by atoms with Crippen molar-refractivity contribution in [3.8, 4) is 11.4 Å². The van der Waals surface area contributed by atoms with Crippen LogP contribution in [0.5, 0.6) is 0 Å². The SMILES string of the molecule is Cn1c(-c2ccc(Br)cc2N)nc2cccc(Cl)c21. The molecule has 1 heterocycles. The van der Waals surface area contributed by atoms with E-state index < -0.39 is 0 Å². The number of nitrogens with two attached hydrogens (primary N) is 1. The molecular formula is C14H11BrClN3. The molecule has 0 saturated heterocycles. The van der Waals surface area contributed by atoms with E-state index in [0.29, 0.717) is 10.7 Å². The van der Waals surface area contributed by atoms with Crippen LogP contribution in [0.1, 0.15) is 0 Å². The molecule has 0 unspecified atom stereocenters. The van der Waals surface area contributed by atoms with Gasteiger partial charge in [0.1, 0.15) is 5.82 Å². The molecule has 0 spiro atoms. The molecule has 0 aliphatic carbocycles. The molecule has 2 aromatic carbocycles. The zero-order valence-corrected chi connectivity index (χ0v) is 12.5. The summed E-state index contributed by atoms with van der Waals surface area (Å²) >= 11 is 9.63. The average molecular weight is 337 g/mol. The average Bonchev–Trinajstić information content (AvgIpc) is 2.68. The van der Waals surface area contributed by atoms with Gasteiger partial charge in [0.15, 0.2) is 0 Å². The summed E-state index contributed by atoms with van der Waals surface area (Å²) in [5, 5.41) is 0.689. The quantitative estimate of drug-likeness (QED) is 0.676. The van der Waals surface area contributed by atoms with Crippen molar-refractivity contribution >= 4 is 44.3 Å². The third-order valence-corrected chi connectivity index (χ3v) is 3.90. The van der Waals surface area contributed by atoms with E-state index in [2.05, 4.69) is 20.9 Å². The largest absolute Gasteiger partial charge is 0.398 e. The molecule has 0 radical (unpaired) electrons. The molecule has 3 rings (SSSR count). The lowest BCUT2D eigenvalue weighted by Gasteiger charge is -2.06. The van der Waals surface area contributed by atoms with Crippen LogP contribution in [0.2, 0.25) is 5.02 Å². The summed E-state index contributed by atoms with van der Waals surface area (Å²) in [5.41, 5.74) is 9.44.